The molecule has 94 valence electrons. The van der Waals surface area contributed by atoms with Gasteiger partial charge < -0.3 is 0 Å². The first-order valence-corrected chi connectivity index (χ1v) is 6.34. The lowest BCUT2D eigenvalue weighted by Gasteiger charge is -2.16. The van der Waals surface area contributed by atoms with E-state index in [2.05, 4.69) is 50.1 Å². The highest BCUT2D eigenvalue weighted by molar-refractivity contribution is 5.22. The van der Waals surface area contributed by atoms with Crippen LogP contribution in [0.4, 0.5) is 0 Å². The fraction of sp³-hybridized carbons (Fsp3) is 0.467. The van der Waals surface area contributed by atoms with E-state index in [1.165, 1.54) is 16.7 Å². The zero-order valence-corrected chi connectivity index (χ0v) is 11.0. The highest BCUT2D eigenvalue weighted by Gasteiger charge is 2.07. The third-order valence-corrected chi connectivity index (χ3v) is 3.13. The van der Waals surface area contributed by atoms with Gasteiger partial charge in [0.2, 0.25) is 0 Å². The molecule has 0 saturated carbocycles. The largest absolute Gasteiger partial charge is 0.271 e. The summed E-state index contributed by atoms with van der Waals surface area (Å²) in [5, 5.41) is 0. The molecular weight excluding hydrogens is 208 g/mol. The van der Waals surface area contributed by atoms with Crippen LogP contribution in [-0.4, -0.2) is 6.04 Å². The minimum absolute atomic E-state index is 0.336. The lowest BCUT2D eigenvalue weighted by atomic mass is 9.98. The quantitative estimate of drug-likeness (QED) is 0.430. The Kier molecular flexibility index (Phi) is 5.95. The summed E-state index contributed by atoms with van der Waals surface area (Å²) < 4.78 is 0. The fourth-order valence-electron chi connectivity index (χ4n) is 1.95. The van der Waals surface area contributed by atoms with E-state index < -0.39 is 0 Å². The molecule has 2 nitrogen and oxygen atoms in total. The molecule has 1 atom stereocenters. The van der Waals surface area contributed by atoms with Gasteiger partial charge in [-0.25, -0.2) is 0 Å². The molecule has 1 rings (SSSR count). The van der Waals surface area contributed by atoms with Crippen molar-refractivity contribution >= 4 is 0 Å². The van der Waals surface area contributed by atoms with Crippen molar-refractivity contribution in [1.82, 2.24) is 5.43 Å². The van der Waals surface area contributed by atoms with Crippen LogP contribution in [0.25, 0.3) is 0 Å². The standard InChI is InChI=1S/C15H24N2/c1-4-12(2)11-15(17-16)9-8-14-7-5-6-13(3)10-14/h5-7,10,15,17H,2,4,8-9,11,16H2,1,3H3. The molecule has 1 aromatic rings. The van der Waals surface area contributed by atoms with Crippen LogP contribution in [0.3, 0.4) is 0 Å². The Balaban J connectivity index is 2.44. The highest BCUT2D eigenvalue weighted by Crippen LogP contribution is 2.13. The maximum Gasteiger partial charge on any atom is 0.0250 e. The molecule has 0 saturated heterocycles. The second-order valence-electron chi connectivity index (χ2n) is 4.70. The number of rotatable bonds is 7. The van der Waals surface area contributed by atoms with E-state index in [1.807, 2.05) is 0 Å². The number of hydrogen-bond acceptors (Lipinski definition) is 2. The maximum absolute atomic E-state index is 5.58. The fourth-order valence-corrected chi connectivity index (χ4v) is 1.95. The topological polar surface area (TPSA) is 38.0 Å². The van der Waals surface area contributed by atoms with Crippen molar-refractivity contribution in [3.8, 4) is 0 Å². The monoisotopic (exact) mass is 232 g/mol. The van der Waals surface area contributed by atoms with Gasteiger partial charge in [0.25, 0.3) is 0 Å². The molecule has 1 aromatic carbocycles. The van der Waals surface area contributed by atoms with Gasteiger partial charge in [0.05, 0.1) is 0 Å². The Hall–Kier alpha value is -1.12. The van der Waals surface area contributed by atoms with E-state index in [9.17, 15) is 0 Å². The predicted octanol–water partition coefficient (Wildman–Crippen LogP) is 3.12. The van der Waals surface area contributed by atoms with Crippen LogP contribution in [0.2, 0.25) is 0 Å². The number of hydrazine groups is 1. The van der Waals surface area contributed by atoms with Crippen molar-refractivity contribution in [2.45, 2.75) is 45.6 Å². The zero-order chi connectivity index (χ0) is 12.7. The minimum Gasteiger partial charge on any atom is -0.271 e. The summed E-state index contributed by atoms with van der Waals surface area (Å²) in [6, 6.07) is 8.99. The Morgan fingerprint density at radius 2 is 2.24 bits per heavy atom. The molecular formula is C15H24N2. The molecule has 0 aliphatic carbocycles. The zero-order valence-electron chi connectivity index (χ0n) is 11.0. The summed E-state index contributed by atoms with van der Waals surface area (Å²) in [4.78, 5) is 0. The minimum atomic E-state index is 0.336. The van der Waals surface area contributed by atoms with Gasteiger partial charge in [-0.2, -0.15) is 0 Å². The summed E-state index contributed by atoms with van der Waals surface area (Å²) in [5.41, 5.74) is 6.85. The Morgan fingerprint density at radius 1 is 1.47 bits per heavy atom. The molecule has 0 heterocycles. The number of hydrogen-bond donors (Lipinski definition) is 2. The summed E-state index contributed by atoms with van der Waals surface area (Å²) in [6.45, 7) is 8.30. The first-order chi connectivity index (χ1) is 8.15. The molecule has 1 unspecified atom stereocenters. The number of nitrogens with two attached hydrogens (primary N) is 1. The second kappa shape index (κ2) is 7.25. The van der Waals surface area contributed by atoms with E-state index in [0.717, 1.165) is 25.7 Å². The molecule has 17 heavy (non-hydrogen) atoms. The average molecular weight is 232 g/mol. The lowest BCUT2D eigenvalue weighted by molar-refractivity contribution is 0.486. The molecule has 0 aliphatic heterocycles. The van der Waals surface area contributed by atoms with E-state index in [1.54, 1.807) is 0 Å². The van der Waals surface area contributed by atoms with Crippen LogP contribution in [0, 0.1) is 6.92 Å². The van der Waals surface area contributed by atoms with Crippen molar-refractivity contribution in [3.05, 3.63) is 47.5 Å². The van der Waals surface area contributed by atoms with Crippen LogP contribution < -0.4 is 11.3 Å². The summed E-state index contributed by atoms with van der Waals surface area (Å²) in [7, 11) is 0. The van der Waals surface area contributed by atoms with Crippen molar-refractivity contribution in [1.29, 1.82) is 0 Å². The van der Waals surface area contributed by atoms with Crippen LogP contribution >= 0.6 is 0 Å². The van der Waals surface area contributed by atoms with Crippen LogP contribution in [0.5, 0.6) is 0 Å². The highest BCUT2D eigenvalue weighted by atomic mass is 15.2. The molecule has 0 bridgehead atoms. The van der Waals surface area contributed by atoms with Gasteiger partial charge in [-0.1, -0.05) is 48.9 Å². The van der Waals surface area contributed by atoms with Crippen LogP contribution in [0.1, 0.15) is 37.3 Å². The van der Waals surface area contributed by atoms with Crippen molar-refractivity contribution in [2.24, 2.45) is 5.84 Å². The first-order valence-electron chi connectivity index (χ1n) is 6.34. The molecule has 0 aromatic heterocycles. The van der Waals surface area contributed by atoms with Gasteiger partial charge >= 0.3 is 0 Å². The van der Waals surface area contributed by atoms with Crippen molar-refractivity contribution in [3.63, 3.8) is 0 Å². The van der Waals surface area contributed by atoms with E-state index in [0.29, 0.717) is 6.04 Å². The Bertz CT molecular complexity index is 358. The van der Waals surface area contributed by atoms with Gasteiger partial charge in [0.1, 0.15) is 0 Å². The number of aryl methyl sites for hydroxylation is 2. The van der Waals surface area contributed by atoms with E-state index in [-0.39, 0.29) is 0 Å². The normalized spacial score (nSPS) is 12.4. The molecule has 0 spiro atoms. The molecule has 3 N–H and O–H groups in total. The summed E-state index contributed by atoms with van der Waals surface area (Å²) in [5.74, 6) is 5.58. The van der Waals surface area contributed by atoms with Crippen LogP contribution in [-0.2, 0) is 6.42 Å². The van der Waals surface area contributed by atoms with Gasteiger partial charge in [0, 0.05) is 6.04 Å². The van der Waals surface area contributed by atoms with Crippen LogP contribution in [0.15, 0.2) is 36.4 Å². The summed E-state index contributed by atoms with van der Waals surface area (Å²) in [6.07, 6.45) is 4.12. The van der Waals surface area contributed by atoms with Gasteiger partial charge in [-0.3, -0.25) is 11.3 Å². The second-order valence-corrected chi connectivity index (χ2v) is 4.70. The Morgan fingerprint density at radius 3 is 2.82 bits per heavy atom. The maximum atomic E-state index is 5.58. The molecule has 0 aliphatic rings. The lowest BCUT2D eigenvalue weighted by Crippen LogP contribution is -2.35. The third-order valence-electron chi connectivity index (χ3n) is 3.13. The van der Waals surface area contributed by atoms with Gasteiger partial charge in [0.15, 0.2) is 0 Å². The van der Waals surface area contributed by atoms with E-state index >= 15 is 0 Å². The van der Waals surface area contributed by atoms with Gasteiger partial charge in [-0.15, -0.1) is 0 Å². The molecule has 2 heteroatoms. The Labute approximate surface area is 105 Å². The number of benzene rings is 1. The first kappa shape index (κ1) is 13.9. The predicted molar refractivity (Wildman–Crippen MR) is 74.7 cm³/mol. The smallest absolute Gasteiger partial charge is 0.0250 e. The third kappa shape index (κ3) is 5.16. The van der Waals surface area contributed by atoms with E-state index in [4.69, 9.17) is 5.84 Å². The molecule has 0 fully saturated rings. The van der Waals surface area contributed by atoms with Gasteiger partial charge in [-0.05, 0) is 38.2 Å². The molecule has 0 radical (unpaired) electrons. The average Bonchev–Trinajstić information content (AvgIpc) is 2.34. The SMILES string of the molecule is C=C(CC)CC(CCc1cccc(C)c1)NN. The van der Waals surface area contributed by atoms with Crippen molar-refractivity contribution < 1.29 is 0 Å². The van der Waals surface area contributed by atoms with Crippen molar-refractivity contribution in [2.75, 3.05) is 0 Å². The molecule has 0 amide bonds. The number of nitrogens with one attached hydrogen (secondary N) is 1. The summed E-state index contributed by atoms with van der Waals surface area (Å²) >= 11 is 0.